The number of fused-ring (bicyclic) bond motifs is 2. The van der Waals surface area contributed by atoms with Crippen LogP contribution in [0.1, 0.15) is 53.6 Å². The maximum Gasteiger partial charge on any atom is 0.490 e. The van der Waals surface area contributed by atoms with E-state index in [9.17, 15) is 27.9 Å². The van der Waals surface area contributed by atoms with E-state index in [-0.39, 0.29) is 11.9 Å². The van der Waals surface area contributed by atoms with E-state index in [4.69, 9.17) is 15.0 Å². The Morgan fingerprint density at radius 1 is 1.02 bits per heavy atom. The Morgan fingerprint density at radius 3 is 2.38 bits per heavy atom. The van der Waals surface area contributed by atoms with Gasteiger partial charge in [-0.25, -0.2) is 14.6 Å². The second kappa shape index (κ2) is 12.1. The summed E-state index contributed by atoms with van der Waals surface area (Å²) in [7, 11) is 2.09. The molecule has 1 fully saturated rings. The highest BCUT2D eigenvalue weighted by molar-refractivity contribution is 6.12. The summed E-state index contributed by atoms with van der Waals surface area (Å²) in [4.78, 5) is 44.7. The maximum absolute atomic E-state index is 13.8. The van der Waals surface area contributed by atoms with Gasteiger partial charge >= 0.3 is 18.2 Å². The minimum absolute atomic E-state index is 0.0786. The average molecular weight is 626 g/mol. The van der Waals surface area contributed by atoms with Gasteiger partial charge in [0.2, 0.25) is 5.95 Å². The van der Waals surface area contributed by atoms with Crippen LogP contribution >= 0.6 is 0 Å². The summed E-state index contributed by atoms with van der Waals surface area (Å²) in [6, 6.07) is 20.4. The van der Waals surface area contributed by atoms with E-state index in [1.54, 1.807) is 42.5 Å². The van der Waals surface area contributed by atoms with E-state index in [1.807, 2.05) is 24.3 Å². The number of hydrogen-bond donors (Lipinski definition) is 5. The first-order chi connectivity index (χ1) is 21.3. The number of alkyl halides is 3. The lowest BCUT2D eigenvalue weighted by molar-refractivity contribution is -0.192. The first-order valence-corrected chi connectivity index (χ1v) is 14.1. The number of carboxylic acids is 1. The Labute approximate surface area is 254 Å². The Bertz CT molecular complexity index is 1750. The van der Waals surface area contributed by atoms with Crippen LogP contribution in [0.15, 0.2) is 66.7 Å². The number of nitrogens with one attached hydrogen (secondary N) is 2. The Morgan fingerprint density at radius 2 is 1.71 bits per heavy atom. The first kappa shape index (κ1) is 31.3. The Hall–Kier alpha value is -5.11. The van der Waals surface area contributed by atoms with Crippen molar-refractivity contribution >= 4 is 46.3 Å². The molecule has 45 heavy (non-hydrogen) atoms. The zero-order valence-corrected chi connectivity index (χ0v) is 24.0. The van der Waals surface area contributed by atoms with Crippen molar-refractivity contribution in [2.24, 2.45) is 0 Å². The third-order valence-electron chi connectivity index (χ3n) is 8.03. The molecule has 0 radical (unpaired) electrons. The van der Waals surface area contributed by atoms with Crippen LogP contribution in [-0.2, 0) is 10.5 Å². The second-order valence-electron chi connectivity index (χ2n) is 10.8. The van der Waals surface area contributed by atoms with Crippen LogP contribution in [0.25, 0.3) is 11.0 Å². The lowest BCUT2D eigenvalue weighted by atomic mass is 9.93. The van der Waals surface area contributed by atoms with Crippen molar-refractivity contribution in [3.8, 4) is 0 Å². The molecule has 0 saturated heterocycles. The molecule has 6 rings (SSSR count). The topological polar surface area (TPSA) is 159 Å². The van der Waals surface area contributed by atoms with Crippen LogP contribution in [0.5, 0.6) is 0 Å². The fraction of sp³-hybridized carbons (Fsp3) is 0.290. The molecule has 4 aromatic rings. The number of imidazole rings is 1. The van der Waals surface area contributed by atoms with Gasteiger partial charge in [0, 0.05) is 41.2 Å². The molecule has 5 N–H and O–H groups in total. The highest BCUT2D eigenvalue weighted by Gasteiger charge is 2.51. The molecule has 1 aromatic heterocycles. The molecular formula is C31H30F3N5O6. The number of carboxylic acid groups (broad SMARTS) is 2. The number of carbonyl (C=O) groups is 3. The molecule has 2 heterocycles. The number of hydrogen-bond acceptors (Lipinski definition) is 6. The Balaban J connectivity index is 0.000000515. The number of benzene rings is 3. The second-order valence-corrected chi connectivity index (χ2v) is 10.8. The van der Waals surface area contributed by atoms with Gasteiger partial charge in [-0.2, -0.15) is 13.2 Å². The summed E-state index contributed by atoms with van der Waals surface area (Å²) in [5, 5.41) is 30.8. The van der Waals surface area contributed by atoms with Gasteiger partial charge in [-0.1, -0.05) is 49.6 Å². The molecule has 14 heteroatoms. The van der Waals surface area contributed by atoms with Gasteiger partial charge in [-0.3, -0.25) is 15.0 Å². The molecule has 11 nitrogen and oxygen atoms in total. The highest BCUT2D eigenvalue weighted by atomic mass is 19.4. The summed E-state index contributed by atoms with van der Waals surface area (Å²) in [5.74, 6) is -2.97. The van der Waals surface area contributed by atoms with Crippen LogP contribution < -0.4 is 15.1 Å². The van der Waals surface area contributed by atoms with Gasteiger partial charge in [0.25, 0.3) is 5.91 Å². The van der Waals surface area contributed by atoms with Gasteiger partial charge in [0.1, 0.15) is 0 Å². The quantitative estimate of drug-likeness (QED) is 0.183. The van der Waals surface area contributed by atoms with Gasteiger partial charge in [-0.05, 0) is 49.2 Å². The van der Waals surface area contributed by atoms with Crippen LogP contribution in [0.2, 0.25) is 0 Å². The molecule has 1 aliphatic heterocycles. The summed E-state index contributed by atoms with van der Waals surface area (Å²) >= 11 is 0. The number of aliphatic carboxylic acids is 1. The molecule has 1 unspecified atom stereocenters. The van der Waals surface area contributed by atoms with Crippen LogP contribution in [-0.4, -0.2) is 62.5 Å². The number of aromatic nitrogens is 2. The zero-order valence-electron chi connectivity index (χ0n) is 24.0. The molecular weight excluding hydrogens is 595 g/mol. The van der Waals surface area contributed by atoms with Crippen molar-refractivity contribution in [2.45, 2.75) is 50.0 Å². The third kappa shape index (κ3) is 6.13. The number of anilines is 3. The monoisotopic (exact) mass is 625 g/mol. The van der Waals surface area contributed by atoms with Crippen molar-refractivity contribution < 1.29 is 42.9 Å². The lowest BCUT2D eigenvalue weighted by Crippen LogP contribution is -2.45. The number of halogens is 3. The van der Waals surface area contributed by atoms with E-state index in [1.165, 1.54) is 24.2 Å². The summed E-state index contributed by atoms with van der Waals surface area (Å²) in [6.07, 6.45) is -0.333. The smallest absolute Gasteiger partial charge is 0.475 e. The number of aromatic amines is 1. The molecule has 1 saturated carbocycles. The fourth-order valence-electron chi connectivity index (χ4n) is 5.87. The number of H-pyrrole nitrogens is 1. The lowest BCUT2D eigenvalue weighted by Gasteiger charge is -2.36. The van der Waals surface area contributed by atoms with Crippen molar-refractivity contribution in [3.63, 3.8) is 0 Å². The fourth-order valence-corrected chi connectivity index (χ4v) is 5.87. The van der Waals surface area contributed by atoms with E-state index >= 15 is 0 Å². The zero-order chi connectivity index (χ0) is 32.5. The van der Waals surface area contributed by atoms with Gasteiger partial charge < -0.3 is 25.2 Å². The molecule has 1 aliphatic carbocycles. The first-order valence-electron chi connectivity index (χ1n) is 14.1. The van der Waals surface area contributed by atoms with Crippen molar-refractivity contribution in [2.75, 3.05) is 22.2 Å². The van der Waals surface area contributed by atoms with Crippen LogP contribution in [0.4, 0.5) is 35.3 Å². The summed E-state index contributed by atoms with van der Waals surface area (Å²) < 4.78 is 31.7. The van der Waals surface area contributed by atoms with Crippen LogP contribution in [0, 0.1) is 0 Å². The van der Waals surface area contributed by atoms with E-state index in [0.29, 0.717) is 39.5 Å². The predicted molar refractivity (Wildman–Crippen MR) is 159 cm³/mol. The molecule has 0 spiro atoms. The van der Waals surface area contributed by atoms with Crippen molar-refractivity contribution in [1.29, 1.82) is 0 Å². The molecule has 2 aliphatic rings. The molecule has 2 amide bonds. The van der Waals surface area contributed by atoms with Crippen molar-refractivity contribution in [3.05, 3.63) is 83.4 Å². The summed E-state index contributed by atoms with van der Waals surface area (Å²) in [5.41, 5.74) is 2.23. The SMILES string of the molecule is CN(c1cccc(N2C(=O)c3ccccc3C2(O)c2ccc3nc(NC(=O)O)[nH]c3c2)c1)C1CCCCC1.O=C(O)C(F)(F)F. The molecule has 0 bridgehead atoms. The number of rotatable bonds is 5. The predicted octanol–water partition coefficient (Wildman–Crippen LogP) is 5.91. The van der Waals surface area contributed by atoms with Gasteiger partial charge in [0.15, 0.2) is 5.72 Å². The third-order valence-corrected chi connectivity index (χ3v) is 8.03. The van der Waals surface area contributed by atoms with Crippen LogP contribution in [0.3, 0.4) is 0 Å². The standard InChI is InChI=1S/C29H29N5O4.C2HF3O2/c1-33(19-8-3-2-4-9-19)20-10-7-11-21(17-20)34-26(35)22-12-5-6-13-23(22)29(34,38)18-14-15-24-25(16-18)31-27(30-24)32-28(36)37;3-2(4,5)1(6)7/h5-7,10-17,19,38H,2-4,8-9H2,1H3,(H,36,37)(H2,30,31,32);(H,6,7). The minimum atomic E-state index is -5.08. The average Bonchev–Trinajstić information content (AvgIpc) is 3.51. The van der Waals surface area contributed by atoms with E-state index in [0.717, 1.165) is 18.5 Å². The number of amides is 2. The highest BCUT2D eigenvalue weighted by Crippen LogP contribution is 2.46. The minimum Gasteiger partial charge on any atom is -0.475 e. The van der Waals surface area contributed by atoms with E-state index in [2.05, 4.69) is 27.2 Å². The van der Waals surface area contributed by atoms with Gasteiger partial charge in [-0.15, -0.1) is 0 Å². The molecule has 1 atom stereocenters. The number of aliphatic hydroxyl groups is 1. The Kier molecular flexibility index (Phi) is 8.43. The number of nitrogens with zero attached hydrogens (tertiary/aromatic N) is 3. The molecule has 3 aromatic carbocycles. The maximum atomic E-state index is 13.8. The summed E-state index contributed by atoms with van der Waals surface area (Å²) in [6.45, 7) is 0. The normalized spacial score (nSPS) is 18.2. The van der Waals surface area contributed by atoms with Crippen molar-refractivity contribution in [1.82, 2.24) is 9.97 Å². The van der Waals surface area contributed by atoms with Gasteiger partial charge in [0.05, 0.1) is 11.0 Å². The molecule has 236 valence electrons. The van der Waals surface area contributed by atoms with E-state index < -0.39 is 24.0 Å². The number of carbonyl (C=O) groups excluding carboxylic acids is 1. The largest absolute Gasteiger partial charge is 0.490 e.